The largest absolute Gasteiger partial charge is 0.365 e. The Hall–Kier alpha value is -3.94. The van der Waals surface area contributed by atoms with E-state index in [1.54, 1.807) is 12.1 Å². The van der Waals surface area contributed by atoms with Crippen LogP contribution in [-0.2, 0) is 11.3 Å². The van der Waals surface area contributed by atoms with Crippen LogP contribution < -0.4 is 21.7 Å². The van der Waals surface area contributed by atoms with Gasteiger partial charge in [0.05, 0.1) is 5.56 Å². The molecule has 3 aromatic rings. The number of hydrogen-bond acceptors (Lipinski definition) is 6. The molecule has 0 saturated heterocycles. The van der Waals surface area contributed by atoms with Gasteiger partial charge in [0.1, 0.15) is 5.82 Å². The summed E-state index contributed by atoms with van der Waals surface area (Å²) in [5.41, 5.74) is 7.54. The van der Waals surface area contributed by atoms with E-state index in [1.165, 1.54) is 6.20 Å². The molecule has 0 aliphatic carbocycles. The number of amides is 2. The van der Waals surface area contributed by atoms with E-state index in [9.17, 15) is 9.59 Å². The van der Waals surface area contributed by atoms with Gasteiger partial charge < -0.3 is 21.7 Å². The average Bonchev–Trinajstić information content (AvgIpc) is 2.72. The lowest BCUT2D eigenvalue weighted by Gasteiger charge is -2.18. The molecule has 8 nitrogen and oxygen atoms in total. The summed E-state index contributed by atoms with van der Waals surface area (Å²) in [5, 5.41) is 9.13. The zero-order valence-electron chi connectivity index (χ0n) is 17.8. The summed E-state index contributed by atoms with van der Waals surface area (Å²) in [4.78, 5) is 32.6. The maximum absolute atomic E-state index is 12.2. The second-order valence-electron chi connectivity index (χ2n) is 8.07. The van der Waals surface area contributed by atoms with Crippen LogP contribution >= 0.6 is 0 Å². The predicted molar refractivity (Wildman–Crippen MR) is 122 cm³/mol. The molecule has 0 fully saturated rings. The number of rotatable bonds is 7. The van der Waals surface area contributed by atoms with Crippen LogP contribution in [0.15, 0.2) is 60.8 Å². The third kappa shape index (κ3) is 6.02. The first kappa shape index (κ1) is 21.8. The van der Waals surface area contributed by atoms with Crippen molar-refractivity contribution in [1.82, 2.24) is 9.97 Å². The lowest BCUT2D eigenvalue weighted by atomic mass is 9.95. The van der Waals surface area contributed by atoms with Crippen molar-refractivity contribution in [1.29, 1.82) is 0 Å². The van der Waals surface area contributed by atoms with Gasteiger partial charge in [0.2, 0.25) is 11.9 Å². The van der Waals surface area contributed by atoms with Crippen LogP contribution in [0.3, 0.4) is 0 Å². The minimum atomic E-state index is -0.617. The molecule has 0 aliphatic rings. The van der Waals surface area contributed by atoms with Crippen LogP contribution in [-0.4, -0.2) is 21.8 Å². The lowest BCUT2D eigenvalue weighted by molar-refractivity contribution is -0.123. The van der Waals surface area contributed by atoms with Crippen LogP contribution in [0.4, 0.5) is 23.1 Å². The lowest BCUT2D eigenvalue weighted by Crippen LogP contribution is -2.27. The summed E-state index contributed by atoms with van der Waals surface area (Å²) < 4.78 is 0. The van der Waals surface area contributed by atoms with Crippen LogP contribution in [0, 0.1) is 5.41 Å². The molecule has 0 spiro atoms. The van der Waals surface area contributed by atoms with E-state index in [-0.39, 0.29) is 11.5 Å². The number of aromatic nitrogens is 2. The van der Waals surface area contributed by atoms with Crippen LogP contribution in [0.5, 0.6) is 0 Å². The van der Waals surface area contributed by atoms with E-state index in [0.29, 0.717) is 29.7 Å². The zero-order valence-corrected chi connectivity index (χ0v) is 17.8. The van der Waals surface area contributed by atoms with Crippen LogP contribution in [0.2, 0.25) is 0 Å². The Morgan fingerprint density at radius 2 is 1.71 bits per heavy atom. The van der Waals surface area contributed by atoms with Crippen LogP contribution in [0.1, 0.15) is 36.7 Å². The van der Waals surface area contributed by atoms with Crippen molar-refractivity contribution >= 4 is 35.0 Å². The number of carbonyl (C=O) groups is 2. The molecule has 1 heterocycles. The van der Waals surface area contributed by atoms with Crippen molar-refractivity contribution in [2.45, 2.75) is 27.3 Å². The van der Waals surface area contributed by atoms with Crippen molar-refractivity contribution in [3.8, 4) is 0 Å². The highest BCUT2D eigenvalue weighted by molar-refractivity contribution is 5.97. The molecule has 2 aromatic carbocycles. The number of anilines is 4. The second-order valence-corrected chi connectivity index (χ2v) is 8.07. The number of primary amides is 1. The Morgan fingerprint density at radius 1 is 1.00 bits per heavy atom. The van der Waals surface area contributed by atoms with E-state index in [2.05, 4.69) is 25.9 Å². The molecule has 1 aromatic heterocycles. The molecule has 0 bridgehead atoms. The van der Waals surface area contributed by atoms with Gasteiger partial charge in [0.25, 0.3) is 5.91 Å². The molecular formula is C23H26N6O2. The third-order valence-electron chi connectivity index (χ3n) is 4.41. The number of nitrogens with two attached hydrogens (primary N) is 1. The first-order valence-electron chi connectivity index (χ1n) is 9.85. The Labute approximate surface area is 181 Å². The Morgan fingerprint density at radius 3 is 2.39 bits per heavy atom. The summed E-state index contributed by atoms with van der Waals surface area (Å²) in [5.74, 6) is -0.0704. The Balaban J connectivity index is 1.78. The molecule has 5 N–H and O–H groups in total. The van der Waals surface area contributed by atoms with E-state index in [0.717, 1.165) is 5.56 Å². The van der Waals surface area contributed by atoms with E-state index in [1.807, 2.05) is 63.2 Å². The van der Waals surface area contributed by atoms with Crippen molar-refractivity contribution < 1.29 is 9.59 Å². The standard InChI is InChI=1S/C23H26N6O2/c1-23(2,3)21(31)27-16-10-7-11-17(12-16)28-22-26-14-18(19(24)30)20(29-22)25-13-15-8-5-4-6-9-15/h4-12,14H,13H2,1-3H3,(H2,24,30)(H,27,31)(H2,25,26,28,29). The summed E-state index contributed by atoms with van der Waals surface area (Å²) in [6.45, 7) is 6.03. The molecule has 8 heteroatoms. The summed E-state index contributed by atoms with van der Waals surface area (Å²) in [6, 6.07) is 17.0. The van der Waals surface area contributed by atoms with Gasteiger partial charge in [0.15, 0.2) is 0 Å². The normalized spacial score (nSPS) is 10.9. The molecule has 0 radical (unpaired) electrons. The Bertz CT molecular complexity index is 1080. The number of nitrogens with one attached hydrogen (secondary N) is 3. The zero-order chi connectivity index (χ0) is 22.4. The van der Waals surface area contributed by atoms with Gasteiger partial charge in [-0.25, -0.2) is 4.98 Å². The smallest absolute Gasteiger partial charge is 0.254 e. The molecule has 0 saturated carbocycles. The highest BCUT2D eigenvalue weighted by Gasteiger charge is 2.21. The molecular weight excluding hydrogens is 392 g/mol. The number of carbonyl (C=O) groups excluding carboxylic acids is 2. The number of nitrogens with zero attached hydrogens (tertiary/aromatic N) is 2. The first-order chi connectivity index (χ1) is 14.7. The maximum atomic E-state index is 12.2. The molecule has 160 valence electrons. The SMILES string of the molecule is CC(C)(C)C(=O)Nc1cccc(Nc2ncc(C(N)=O)c(NCc3ccccc3)n2)c1. The molecule has 3 rings (SSSR count). The van der Waals surface area contributed by atoms with Crippen LogP contribution in [0.25, 0.3) is 0 Å². The highest BCUT2D eigenvalue weighted by atomic mass is 16.2. The van der Waals surface area contributed by atoms with Gasteiger partial charge in [-0.2, -0.15) is 4.98 Å². The van der Waals surface area contributed by atoms with Gasteiger partial charge in [0, 0.05) is 29.5 Å². The minimum absolute atomic E-state index is 0.0842. The molecule has 2 amide bonds. The van der Waals surface area contributed by atoms with Crippen molar-refractivity contribution in [2.24, 2.45) is 11.1 Å². The van der Waals surface area contributed by atoms with E-state index >= 15 is 0 Å². The van der Waals surface area contributed by atoms with E-state index < -0.39 is 11.3 Å². The molecule has 0 unspecified atom stereocenters. The first-order valence-corrected chi connectivity index (χ1v) is 9.85. The van der Waals surface area contributed by atoms with Gasteiger partial charge >= 0.3 is 0 Å². The quantitative estimate of drug-likeness (QED) is 0.461. The summed E-state index contributed by atoms with van der Waals surface area (Å²) in [6.07, 6.45) is 1.39. The van der Waals surface area contributed by atoms with Gasteiger partial charge in [-0.1, -0.05) is 57.2 Å². The van der Waals surface area contributed by atoms with Crippen molar-refractivity contribution in [3.05, 3.63) is 71.9 Å². The maximum Gasteiger partial charge on any atom is 0.254 e. The minimum Gasteiger partial charge on any atom is -0.365 e. The Kier molecular flexibility index (Phi) is 6.49. The van der Waals surface area contributed by atoms with Gasteiger partial charge in [-0.15, -0.1) is 0 Å². The van der Waals surface area contributed by atoms with Crippen molar-refractivity contribution in [3.63, 3.8) is 0 Å². The fraction of sp³-hybridized carbons (Fsp3) is 0.217. The van der Waals surface area contributed by atoms with E-state index in [4.69, 9.17) is 5.73 Å². The monoisotopic (exact) mass is 418 g/mol. The number of hydrogen-bond donors (Lipinski definition) is 4. The fourth-order valence-corrected chi connectivity index (χ4v) is 2.66. The predicted octanol–water partition coefficient (Wildman–Crippen LogP) is 3.92. The number of benzene rings is 2. The van der Waals surface area contributed by atoms with Gasteiger partial charge in [-0.3, -0.25) is 9.59 Å². The molecule has 0 atom stereocenters. The molecule has 0 aliphatic heterocycles. The second kappa shape index (κ2) is 9.25. The average molecular weight is 419 g/mol. The summed E-state index contributed by atoms with van der Waals surface area (Å²) in [7, 11) is 0. The third-order valence-corrected chi connectivity index (χ3v) is 4.41. The summed E-state index contributed by atoms with van der Waals surface area (Å²) >= 11 is 0. The topological polar surface area (TPSA) is 122 Å². The highest BCUT2D eigenvalue weighted by Crippen LogP contribution is 2.22. The fourth-order valence-electron chi connectivity index (χ4n) is 2.66. The van der Waals surface area contributed by atoms with Gasteiger partial charge in [-0.05, 0) is 23.8 Å². The van der Waals surface area contributed by atoms with Crippen molar-refractivity contribution in [2.75, 3.05) is 16.0 Å². The molecule has 31 heavy (non-hydrogen) atoms.